The third-order valence-corrected chi connectivity index (χ3v) is 4.79. The van der Waals surface area contributed by atoms with Gasteiger partial charge in [-0.1, -0.05) is 35.0 Å². The van der Waals surface area contributed by atoms with Crippen molar-refractivity contribution in [1.82, 2.24) is 5.32 Å². The number of benzene rings is 2. The average molecular weight is 433 g/mol. The molecule has 0 atom stereocenters. The number of amides is 1. The second-order valence-corrected chi connectivity index (χ2v) is 7.00. The van der Waals surface area contributed by atoms with Crippen molar-refractivity contribution in [2.45, 2.75) is 13.3 Å². The van der Waals surface area contributed by atoms with Crippen LogP contribution in [0, 0.1) is 0 Å². The van der Waals surface area contributed by atoms with E-state index in [0.29, 0.717) is 22.1 Å². The number of hydrogen-bond donors (Lipinski definition) is 2. The lowest BCUT2D eigenvalue weighted by Crippen LogP contribution is -2.30. The van der Waals surface area contributed by atoms with Gasteiger partial charge < -0.3 is 15.2 Å². The molecule has 26 heavy (non-hydrogen) atoms. The van der Waals surface area contributed by atoms with Gasteiger partial charge in [0.2, 0.25) is 0 Å². The monoisotopic (exact) mass is 432 g/mol. The Morgan fingerprint density at radius 2 is 2.12 bits per heavy atom. The van der Waals surface area contributed by atoms with E-state index in [0.717, 1.165) is 16.5 Å². The topological polar surface area (TPSA) is 61.8 Å². The predicted octanol–water partition coefficient (Wildman–Crippen LogP) is 3.99. The third kappa shape index (κ3) is 3.45. The van der Waals surface area contributed by atoms with E-state index in [1.54, 1.807) is 18.2 Å². The van der Waals surface area contributed by atoms with E-state index >= 15 is 0 Å². The van der Waals surface area contributed by atoms with Gasteiger partial charge in [-0.3, -0.25) is 9.69 Å². The summed E-state index contributed by atoms with van der Waals surface area (Å²) in [5, 5.41) is 13.5. The molecule has 2 N–H and O–H groups in total. The van der Waals surface area contributed by atoms with Gasteiger partial charge in [-0.15, -0.1) is 0 Å². The van der Waals surface area contributed by atoms with Gasteiger partial charge in [0, 0.05) is 10.0 Å². The first kappa shape index (κ1) is 18.4. The van der Waals surface area contributed by atoms with Crippen molar-refractivity contribution in [2.75, 3.05) is 12.0 Å². The molecule has 0 aromatic heterocycles. The van der Waals surface area contributed by atoms with Gasteiger partial charge in [0.25, 0.3) is 5.91 Å². The van der Waals surface area contributed by atoms with Crippen LogP contribution in [0.3, 0.4) is 0 Å². The largest absolute Gasteiger partial charge is 0.504 e. The summed E-state index contributed by atoms with van der Waals surface area (Å²) in [6.45, 7) is 2.05. The van der Waals surface area contributed by atoms with Gasteiger partial charge in [0.05, 0.1) is 12.8 Å². The minimum Gasteiger partial charge on any atom is -0.504 e. The highest BCUT2D eigenvalue weighted by Crippen LogP contribution is 2.35. The minimum atomic E-state index is -0.276. The highest BCUT2D eigenvalue weighted by Gasteiger charge is 2.32. The number of rotatable bonds is 4. The standard InChI is InChI=1S/C19H17BrN2O3S/c1-3-11-5-4-6-14(7-11)22-18(24)15(21-19(22)26)9-12-8-13(20)10-16(25-2)17(12)23/h4-10,23H,3H2,1-2H3,(H,21,26)/b15-9+. The molecule has 0 radical (unpaired) electrons. The number of nitrogens with zero attached hydrogens (tertiary/aromatic N) is 1. The number of thiocarbonyl (C=S) groups is 1. The molecule has 0 aliphatic carbocycles. The number of aromatic hydroxyl groups is 1. The van der Waals surface area contributed by atoms with Crippen molar-refractivity contribution in [3.05, 3.63) is 57.7 Å². The van der Waals surface area contributed by atoms with Gasteiger partial charge in [0.15, 0.2) is 16.6 Å². The van der Waals surface area contributed by atoms with Crippen LogP contribution < -0.4 is 15.0 Å². The van der Waals surface area contributed by atoms with Crippen molar-refractivity contribution >= 4 is 50.9 Å². The number of ether oxygens (including phenoxy) is 1. The summed E-state index contributed by atoms with van der Waals surface area (Å²) in [7, 11) is 1.47. The summed E-state index contributed by atoms with van der Waals surface area (Å²) in [6.07, 6.45) is 2.42. The molecule has 0 saturated carbocycles. The first-order valence-corrected chi connectivity index (χ1v) is 9.17. The SMILES string of the molecule is CCc1cccc(N2C(=O)/C(=C\c3cc(Br)cc(OC)c3O)NC2=S)c1. The van der Waals surface area contributed by atoms with Crippen LogP contribution in [0.1, 0.15) is 18.1 Å². The van der Waals surface area contributed by atoms with Crippen LogP contribution in [0.25, 0.3) is 6.08 Å². The van der Waals surface area contributed by atoms with E-state index in [-0.39, 0.29) is 17.4 Å². The number of phenols is 1. The van der Waals surface area contributed by atoms with Gasteiger partial charge >= 0.3 is 0 Å². The molecule has 0 unspecified atom stereocenters. The number of nitrogens with one attached hydrogen (secondary N) is 1. The Kier molecular flexibility index (Phi) is 5.29. The predicted molar refractivity (Wildman–Crippen MR) is 109 cm³/mol. The molecule has 1 aliphatic heterocycles. The summed E-state index contributed by atoms with van der Waals surface area (Å²) in [6, 6.07) is 11.0. The number of phenolic OH excluding ortho intramolecular Hbond substituents is 1. The van der Waals surface area contributed by atoms with Crippen molar-refractivity contribution in [1.29, 1.82) is 0 Å². The molecular weight excluding hydrogens is 416 g/mol. The number of carbonyl (C=O) groups excluding carboxylic acids is 1. The van der Waals surface area contributed by atoms with Crippen LogP contribution in [0.4, 0.5) is 5.69 Å². The summed E-state index contributed by atoms with van der Waals surface area (Å²) in [5.74, 6) is -0.0107. The van der Waals surface area contributed by atoms with Crippen molar-refractivity contribution in [3.63, 3.8) is 0 Å². The lowest BCUT2D eigenvalue weighted by molar-refractivity contribution is -0.113. The minimum absolute atomic E-state index is 0.0462. The molecule has 1 saturated heterocycles. The molecule has 1 heterocycles. The van der Waals surface area contributed by atoms with Crippen LogP contribution in [-0.2, 0) is 11.2 Å². The van der Waals surface area contributed by atoms with E-state index < -0.39 is 0 Å². The normalized spacial score (nSPS) is 15.5. The average Bonchev–Trinajstić information content (AvgIpc) is 2.91. The molecule has 2 aromatic rings. The van der Waals surface area contributed by atoms with E-state index in [2.05, 4.69) is 28.2 Å². The fourth-order valence-corrected chi connectivity index (χ4v) is 3.45. The molecular formula is C19H17BrN2O3S. The van der Waals surface area contributed by atoms with E-state index in [4.69, 9.17) is 17.0 Å². The van der Waals surface area contributed by atoms with Crippen molar-refractivity contribution in [3.8, 4) is 11.5 Å². The number of carbonyl (C=O) groups is 1. The number of hydrogen-bond acceptors (Lipinski definition) is 4. The lowest BCUT2D eigenvalue weighted by atomic mass is 10.1. The number of aryl methyl sites for hydroxylation is 1. The Morgan fingerprint density at radius 3 is 2.81 bits per heavy atom. The summed E-state index contributed by atoms with van der Waals surface area (Å²) in [5.41, 5.74) is 2.56. The van der Waals surface area contributed by atoms with Crippen LogP contribution >= 0.6 is 28.1 Å². The zero-order valence-corrected chi connectivity index (χ0v) is 16.6. The first-order chi connectivity index (χ1) is 12.4. The molecule has 3 rings (SSSR count). The summed E-state index contributed by atoms with van der Waals surface area (Å²) in [4.78, 5) is 14.3. The molecule has 1 aliphatic rings. The molecule has 0 spiro atoms. The molecule has 0 bridgehead atoms. The third-order valence-electron chi connectivity index (χ3n) is 4.04. The van der Waals surface area contributed by atoms with Crippen LogP contribution in [0.15, 0.2) is 46.6 Å². The quantitative estimate of drug-likeness (QED) is 0.564. The van der Waals surface area contributed by atoms with Gasteiger partial charge in [-0.25, -0.2) is 0 Å². The summed E-state index contributed by atoms with van der Waals surface area (Å²) < 4.78 is 5.87. The van der Waals surface area contributed by atoms with Gasteiger partial charge in [-0.05, 0) is 54.5 Å². The Morgan fingerprint density at radius 1 is 1.35 bits per heavy atom. The van der Waals surface area contributed by atoms with Gasteiger partial charge in [-0.2, -0.15) is 0 Å². The van der Waals surface area contributed by atoms with Crippen molar-refractivity contribution in [2.24, 2.45) is 0 Å². The Labute approximate surface area is 165 Å². The maximum atomic E-state index is 12.9. The van der Waals surface area contributed by atoms with E-state index in [9.17, 15) is 9.90 Å². The molecule has 7 heteroatoms. The highest BCUT2D eigenvalue weighted by atomic mass is 79.9. The molecule has 5 nitrogen and oxygen atoms in total. The van der Waals surface area contributed by atoms with Crippen LogP contribution in [-0.4, -0.2) is 23.2 Å². The number of halogens is 1. The maximum absolute atomic E-state index is 12.9. The fourth-order valence-electron chi connectivity index (χ4n) is 2.70. The Balaban J connectivity index is 1.99. The van der Waals surface area contributed by atoms with Crippen LogP contribution in [0.5, 0.6) is 11.5 Å². The zero-order valence-electron chi connectivity index (χ0n) is 14.2. The van der Waals surface area contributed by atoms with Crippen LogP contribution in [0.2, 0.25) is 0 Å². The second kappa shape index (κ2) is 7.47. The molecule has 134 valence electrons. The van der Waals surface area contributed by atoms with Gasteiger partial charge in [0.1, 0.15) is 5.70 Å². The smallest absolute Gasteiger partial charge is 0.281 e. The Hall–Kier alpha value is -2.38. The maximum Gasteiger partial charge on any atom is 0.281 e. The molecule has 2 aromatic carbocycles. The molecule has 1 amide bonds. The Bertz CT molecular complexity index is 927. The number of methoxy groups -OCH3 is 1. The second-order valence-electron chi connectivity index (χ2n) is 5.70. The summed E-state index contributed by atoms with van der Waals surface area (Å²) >= 11 is 8.70. The lowest BCUT2D eigenvalue weighted by Gasteiger charge is -2.14. The number of anilines is 1. The van der Waals surface area contributed by atoms with Crippen molar-refractivity contribution < 1.29 is 14.6 Å². The zero-order chi connectivity index (χ0) is 18.8. The fraction of sp³-hybridized carbons (Fsp3) is 0.158. The first-order valence-electron chi connectivity index (χ1n) is 7.97. The van der Waals surface area contributed by atoms with E-state index in [1.165, 1.54) is 12.0 Å². The van der Waals surface area contributed by atoms with E-state index in [1.807, 2.05) is 24.3 Å². The molecule has 1 fully saturated rings. The highest BCUT2D eigenvalue weighted by molar-refractivity contribution is 9.10.